The lowest BCUT2D eigenvalue weighted by Crippen LogP contribution is -2.59. The quantitative estimate of drug-likeness (QED) is 0.438. The lowest BCUT2D eigenvalue weighted by atomic mass is 9.85. The number of amides is 2. The van der Waals surface area contributed by atoms with Crippen molar-refractivity contribution in [2.75, 3.05) is 40.3 Å². The molecule has 1 N–H and O–H groups in total. The van der Waals surface area contributed by atoms with Crippen molar-refractivity contribution >= 4 is 21.8 Å². The summed E-state index contributed by atoms with van der Waals surface area (Å²) in [6, 6.07) is 2.58. The van der Waals surface area contributed by atoms with Crippen LogP contribution in [-0.2, 0) is 25.8 Å². The Morgan fingerprint density at radius 1 is 1.07 bits per heavy atom. The third-order valence-electron chi connectivity index (χ3n) is 7.40. The first-order valence-electron chi connectivity index (χ1n) is 13.6. The van der Waals surface area contributed by atoms with Crippen molar-refractivity contribution in [3.8, 4) is 0 Å². The van der Waals surface area contributed by atoms with Crippen LogP contribution in [0, 0.1) is 5.92 Å². The normalized spacial score (nSPS) is 22.6. The molecule has 2 fully saturated rings. The van der Waals surface area contributed by atoms with Gasteiger partial charge in [-0.25, -0.2) is 13.1 Å². The molecular formula is C29H39F3N4O4S. The van der Waals surface area contributed by atoms with Gasteiger partial charge in [0.15, 0.2) is 0 Å². The topological polar surface area (TPSA) is 90.0 Å². The largest absolute Gasteiger partial charge is 0.416 e. The lowest BCUT2D eigenvalue weighted by Gasteiger charge is -2.44. The molecule has 0 radical (unpaired) electrons. The van der Waals surface area contributed by atoms with Gasteiger partial charge >= 0.3 is 6.18 Å². The van der Waals surface area contributed by atoms with Crippen LogP contribution >= 0.6 is 0 Å². The first-order chi connectivity index (χ1) is 19.2. The SMILES string of the molecule is C=C(C=CC=CC)C1CN(C(=O)CN(C)C)CCN1C(=O)C1CCC(NS(=O)(=O)c2ccc(C(F)(F)F)cc2)CC1. The molecule has 2 aliphatic rings. The number of nitrogens with zero attached hydrogens (tertiary/aromatic N) is 3. The van der Waals surface area contributed by atoms with Crippen LogP contribution in [-0.4, -0.2) is 87.3 Å². The molecule has 226 valence electrons. The Balaban J connectivity index is 1.64. The number of allylic oxidation sites excluding steroid dienone is 3. The number of alkyl halides is 3. The summed E-state index contributed by atoms with van der Waals surface area (Å²) in [6.45, 7) is 7.49. The van der Waals surface area contributed by atoms with Crippen molar-refractivity contribution < 1.29 is 31.2 Å². The van der Waals surface area contributed by atoms with E-state index in [0.717, 1.165) is 29.8 Å². The summed E-state index contributed by atoms with van der Waals surface area (Å²) < 4.78 is 66.7. The van der Waals surface area contributed by atoms with Crippen molar-refractivity contribution in [2.24, 2.45) is 5.92 Å². The fraction of sp³-hybridized carbons (Fsp3) is 0.517. The van der Waals surface area contributed by atoms with Crippen molar-refractivity contribution in [2.45, 2.75) is 55.8 Å². The highest BCUT2D eigenvalue weighted by molar-refractivity contribution is 7.89. The van der Waals surface area contributed by atoms with E-state index < -0.39 is 27.8 Å². The smallest absolute Gasteiger partial charge is 0.337 e. The molecule has 1 aromatic rings. The van der Waals surface area contributed by atoms with E-state index in [-0.39, 0.29) is 35.2 Å². The van der Waals surface area contributed by atoms with E-state index in [1.54, 1.807) is 14.7 Å². The fourth-order valence-electron chi connectivity index (χ4n) is 5.17. The number of sulfonamides is 1. The highest BCUT2D eigenvalue weighted by atomic mass is 32.2. The molecule has 0 aromatic heterocycles. The Hall–Kier alpha value is -2.96. The summed E-state index contributed by atoms with van der Waals surface area (Å²) in [4.78, 5) is 31.5. The zero-order chi connectivity index (χ0) is 30.4. The van der Waals surface area contributed by atoms with E-state index in [1.165, 1.54) is 0 Å². The second-order valence-corrected chi connectivity index (χ2v) is 12.5. The van der Waals surface area contributed by atoms with Gasteiger partial charge in [-0.2, -0.15) is 13.2 Å². The summed E-state index contributed by atoms with van der Waals surface area (Å²) in [5.74, 6) is -0.363. The zero-order valence-corrected chi connectivity index (χ0v) is 24.5. The summed E-state index contributed by atoms with van der Waals surface area (Å²) in [7, 11) is -0.358. The number of carbonyl (C=O) groups is 2. The van der Waals surface area contributed by atoms with Gasteiger partial charge in [0, 0.05) is 31.6 Å². The summed E-state index contributed by atoms with van der Waals surface area (Å²) in [5, 5.41) is 0. The van der Waals surface area contributed by atoms with Crippen molar-refractivity contribution in [1.82, 2.24) is 19.4 Å². The number of halogens is 3. The average molecular weight is 597 g/mol. The molecule has 2 amide bonds. The van der Waals surface area contributed by atoms with E-state index in [0.29, 0.717) is 45.3 Å². The summed E-state index contributed by atoms with van der Waals surface area (Å²) in [6.07, 6.45) is 4.65. The molecule has 1 saturated carbocycles. The van der Waals surface area contributed by atoms with Crippen LogP contribution < -0.4 is 4.72 Å². The molecule has 1 atom stereocenters. The maximum Gasteiger partial charge on any atom is 0.416 e. The number of hydrogen-bond donors (Lipinski definition) is 1. The van der Waals surface area contributed by atoms with Gasteiger partial charge in [-0.05, 0) is 76.5 Å². The van der Waals surface area contributed by atoms with Gasteiger partial charge in [-0.3, -0.25) is 9.59 Å². The molecule has 1 aliphatic heterocycles. The molecule has 41 heavy (non-hydrogen) atoms. The van der Waals surface area contributed by atoms with E-state index in [4.69, 9.17) is 0 Å². The standard InChI is InChI=1S/C29H39F3N4O4S/c1-5-6-7-8-21(2)26-19-35(27(37)20-34(3)4)17-18-36(26)28(38)22-9-13-24(14-10-22)33-41(39,40)25-15-11-23(12-16-25)29(30,31)32/h5-8,11-12,15-16,22,24,26,33H,2,9-10,13-14,17-20H2,1,3-4H3. The zero-order valence-electron chi connectivity index (χ0n) is 23.7. The van der Waals surface area contributed by atoms with Gasteiger partial charge in [0.1, 0.15) is 0 Å². The Kier molecular flexibility index (Phi) is 11.0. The van der Waals surface area contributed by atoms with Crippen LogP contribution in [0.1, 0.15) is 38.2 Å². The average Bonchev–Trinajstić information content (AvgIpc) is 2.92. The predicted molar refractivity (Wildman–Crippen MR) is 151 cm³/mol. The number of hydrogen-bond acceptors (Lipinski definition) is 5. The van der Waals surface area contributed by atoms with Gasteiger partial charge in [-0.15, -0.1) is 0 Å². The molecule has 1 saturated heterocycles. The number of piperazine rings is 1. The van der Waals surface area contributed by atoms with Crippen LogP contribution in [0.2, 0.25) is 0 Å². The summed E-state index contributed by atoms with van der Waals surface area (Å²) >= 11 is 0. The molecule has 1 heterocycles. The third-order valence-corrected chi connectivity index (χ3v) is 8.94. The number of benzene rings is 1. The minimum absolute atomic E-state index is 0.0156. The minimum Gasteiger partial charge on any atom is -0.337 e. The predicted octanol–water partition coefficient (Wildman–Crippen LogP) is 3.83. The van der Waals surface area contributed by atoms with Gasteiger partial charge < -0.3 is 14.7 Å². The van der Waals surface area contributed by atoms with E-state index in [2.05, 4.69) is 11.3 Å². The maximum absolute atomic E-state index is 13.7. The highest BCUT2D eigenvalue weighted by Gasteiger charge is 2.38. The minimum atomic E-state index is -4.55. The van der Waals surface area contributed by atoms with Crippen molar-refractivity contribution in [3.63, 3.8) is 0 Å². The second kappa shape index (κ2) is 13.8. The molecule has 0 spiro atoms. The maximum atomic E-state index is 13.7. The molecule has 8 nitrogen and oxygen atoms in total. The Labute approximate surface area is 240 Å². The number of likely N-dealkylation sites (N-methyl/N-ethyl adjacent to an activating group) is 1. The lowest BCUT2D eigenvalue weighted by molar-refractivity contribution is -0.145. The Morgan fingerprint density at radius 3 is 2.27 bits per heavy atom. The molecule has 3 rings (SSSR count). The number of rotatable bonds is 9. The van der Waals surface area contributed by atoms with Gasteiger partial charge in [0.2, 0.25) is 21.8 Å². The first-order valence-corrected chi connectivity index (χ1v) is 15.1. The molecule has 1 aromatic carbocycles. The molecule has 0 bridgehead atoms. The Morgan fingerprint density at radius 2 is 1.71 bits per heavy atom. The monoisotopic (exact) mass is 596 g/mol. The molecule has 1 unspecified atom stereocenters. The van der Waals surface area contributed by atoms with Crippen LogP contribution in [0.4, 0.5) is 13.2 Å². The number of nitrogens with one attached hydrogen (secondary N) is 1. The van der Waals surface area contributed by atoms with Crippen LogP contribution in [0.15, 0.2) is 65.6 Å². The fourth-order valence-corrected chi connectivity index (χ4v) is 6.47. The molecular weight excluding hydrogens is 557 g/mol. The van der Waals surface area contributed by atoms with Crippen LogP contribution in [0.25, 0.3) is 0 Å². The Bertz CT molecular complexity index is 1250. The second-order valence-electron chi connectivity index (χ2n) is 10.8. The summed E-state index contributed by atoms with van der Waals surface area (Å²) in [5.41, 5.74) is -0.200. The van der Waals surface area contributed by atoms with Gasteiger partial charge in [0.25, 0.3) is 0 Å². The van der Waals surface area contributed by atoms with Crippen molar-refractivity contribution in [3.05, 3.63) is 66.3 Å². The van der Waals surface area contributed by atoms with Crippen LogP contribution in [0.5, 0.6) is 0 Å². The first kappa shape index (κ1) is 32.6. The van der Waals surface area contributed by atoms with Crippen LogP contribution in [0.3, 0.4) is 0 Å². The highest BCUT2D eigenvalue weighted by Crippen LogP contribution is 2.31. The molecule has 12 heteroatoms. The van der Waals surface area contributed by atoms with E-state index in [1.807, 2.05) is 45.3 Å². The number of carbonyl (C=O) groups excluding carboxylic acids is 2. The van der Waals surface area contributed by atoms with Gasteiger partial charge in [0.05, 0.1) is 23.0 Å². The van der Waals surface area contributed by atoms with Crippen molar-refractivity contribution in [1.29, 1.82) is 0 Å². The van der Waals surface area contributed by atoms with E-state index >= 15 is 0 Å². The third kappa shape index (κ3) is 8.76. The van der Waals surface area contributed by atoms with Gasteiger partial charge in [-0.1, -0.05) is 30.9 Å². The van der Waals surface area contributed by atoms with E-state index in [9.17, 15) is 31.2 Å². The molecule has 1 aliphatic carbocycles.